The average molecular weight is 468 g/mol. The first-order valence-electron chi connectivity index (χ1n) is 10.3. The van der Waals surface area contributed by atoms with E-state index < -0.39 is 28.8 Å². The Labute approximate surface area is 192 Å². The van der Waals surface area contributed by atoms with Gasteiger partial charge in [0, 0.05) is 38.6 Å². The van der Waals surface area contributed by atoms with Crippen molar-refractivity contribution in [2.75, 3.05) is 13.6 Å². The fraction of sp³-hybridized carbons (Fsp3) is 0.174. The van der Waals surface area contributed by atoms with Gasteiger partial charge in [-0.25, -0.2) is 24.1 Å². The maximum Gasteiger partial charge on any atom is 0.331 e. The lowest BCUT2D eigenvalue weighted by Crippen LogP contribution is -2.41. The molecule has 0 saturated carbocycles. The van der Waals surface area contributed by atoms with E-state index in [-0.39, 0.29) is 29.6 Å². The van der Waals surface area contributed by atoms with Gasteiger partial charge in [-0.05, 0) is 47.5 Å². The fourth-order valence-electron chi connectivity index (χ4n) is 3.56. The lowest BCUT2D eigenvalue weighted by atomic mass is 10.1. The SMILES string of the molecule is CNN1C=CC(CNC(=O)c2ccc3c(c2)c(=O)n(Cc2ccc(F)c(F)c2)c(=O)n3C)=CN1. The third-order valence-corrected chi connectivity index (χ3v) is 5.46. The smallest absolute Gasteiger partial charge is 0.331 e. The van der Waals surface area contributed by atoms with E-state index in [4.69, 9.17) is 0 Å². The monoisotopic (exact) mass is 468 g/mol. The van der Waals surface area contributed by atoms with E-state index >= 15 is 0 Å². The van der Waals surface area contributed by atoms with E-state index in [2.05, 4.69) is 16.2 Å². The molecule has 2 heterocycles. The van der Waals surface area contributed by atoms with Gasteiger partial charge in [0.25, 0.3) is 11.5 Å². The number of carbonyl (C=O) groups excluding carboxylic acids is 1. The van der Waals surface area contributed by atoms with Crippen LogP contribution in [0.2, 0.25) is 0 Å². The van der Waals surface area contributed by atoms with Gasteiger partial charge < -0.3 is 5.32 Å². The minimum absolute atomic E-state index is 0.153. The number of rotatable bonds is 6. The molecule has 2 aromatic carbocycles. The summed E-state index contributed by atoms with van der Waals surface area (Å²) in [7, 11) is 3.24. The molecule has 0 atom stereocenters. The summed E-state index contributed by atoms with van der Waals surface area (Å²) in [4.78, 5) is 38.6. The zero-order chi connectivity index (χ0) is 24.4. The summed E-state index contributed by atoms with van der Waals surface area (Å²) in [6.07, 6.45) is 5.30. The number of aryl methyl sites for hydroxylation is 1. The van der Waals surface area contributed by atoms with Crippen LogP contribution >= 0.6 is 0 Å². The van der Waals surface area contributed by atoms with Gasteiger partial charge in [-0.2, -0.15) is 0 Å². The number of benzene rings is 2. The fourth-order valence-corrected chi connectivity index (χ4v) is 3.56. The highest BCUT2D eigenvalue weighted by atomic mass is 19.2. The average Bonchev–Trinajstić information content (AvgIpc) is 2.85. The topological polar surface area (TPSA) is 100 Å². The Kier molecular flexibility index (Phi) is 6.28. The van der Waals surface area contributed by atoms with Crippen LogP contribution in [0.4, 0.5) is 8.78 Å². The van der Waals surface area contributed by atoms with Gasteiger partial charge in [0.15, 0.2) is 11.6 Å². The lowest BCUT2D eigenvalue weighted by Gasteiger charge is -2.22. The predicted octanol–water partition coefficient (Wildman–Crippen LogP) is 1.11. The molecule has 9 nitrogen and oxygen atoms in total. The minimum Gasteiger partial charge on any atom is -0.348 e. The molecule has 4 rings (SSSR count). The third-order valence-electron chi connectivity index (χ3n) is 5.46. The number of amides is 1. The molecule has 1 amide bonds. The highest BCUT2D eigenvalue weighted by Crippen LogP contribution is 2.13. The normalized spacial score (nSPS) is 13.1. The van der Waals surface area contributed by atoms with Crippen LogP contribution in [0.5, 0.6) is 0 Å². The summed E-state index contributed by atoms with van der Waals surface area (Å²) in [6, 6.07) is 7.65. The van der Waals surface area contributed by atoms with Crippen LogP contribution in [0.1, 0.15) is 15.9 Å². The summed E-state index contributed by atoms with van der Waals surface area (Å²) in [5.74, 6) is -2.49. The van der Waals surface area contributed by atoms with Crippen molar-refractivity contribution >= 4 is 16.8 Å². The highest BCUT2D eigenvalue weighted by molar-refractivity contribution is 5.98. The third kappa shape index (κ3) is 4.46. The first-order valence-corrected chi connectivity index (χ1v) is 10.3. The van der Waals surface area contributed by atoms with Crippen LogP contribution in [-0.2, 0) is 13.6 Å². The maximum absolute atomic E-state index is 13.6. The van der Waals surface area contributed by atoms with E-state index in [1.54, 1.807) is 24.6 Å². The summed E-state index contributed by atoms with van der Waals surface area (Å²) in [5, 5.41) is 4.57. The molecule has 1 aromatic heterocycles. The van der Waals surface area contributed by atoms with E-state index in [1.807, 2.05) is 6.08 Å². The first kappa shape index (κ1) is 22.9. The van der Waals surface area contributed by atoms with Gasteiger partial charge in [-0.3, -0.25) is 24.1 Å². The summed E-state index contributed by atoms with van der Waals surface area (Å²) in [5.41, 5.74) is 6.28. The molecule has 0 unspecified atom stereocenters. The Morgan fingerprint density at radius 2 is 1.88 bits per heavy atom. The van der Waals surface area contributed by atoms with E-state index in [1.165, 1.54) is 35.9 Å². The molecule has 0 bridgehead atoms. The minimum atomic E-state index is -1.07. The van der Waals surface area contributed by atoms with Gasteiger partial charge in [0.2, 0.25) is 0 Å². The molecule has 3 N–H and O–H groups in total. The molecule has 11 heteroatoms. The second kappa shape index (κ2) is 9.32. The van der Waals surface area contributed by atoms with Crippen molar-refractivity contribution in [3.05, 3.63) is 104 Å². The van der Waals surface area contributed by atoms with E-state index in [0.29, 0.717) is 5.52 Å². The number of hydrazine groups is 2. The Balaban J connectivity index is 1.62. The molecule has 3 aromatic rings. The number of aromatic nitrogens is 2. The standard InChI is InChI=1S/C23H22F2N6O3/c1-26-31-8-7-15(12-28-31)11-27-21(32)16-4-6-20-17(10-16)22(33)30(23(34)29(20)2)13-14-3-5-18(24)19(25)9-14/h3-10,12,26,28H,11,13H2,1-2H3,(H,27,32). The summed E-state index contributed by atoms with van der Waals surface area (Å²) in [6.45, 7) is 0.0117. The molecular weight excluding hydrogens is 446 g/mol. The van der Waals surface area contributed by atoms with Crippen LogP contribution in [0.3, 0.4) is 0 Å². The van der Waals surface area contributed by atoms with Gasteiger partial charge in [0.05, 0.1) is 17.4 Å². The number of hydrogen-bond acceptors (Lipinski definition) is 6. The molecule has 0 fully saturated rings. The number of hydrogen-bond donors (Lipinski definition) is 3. The van der Waals surface area contributed by atoms with Crippen LogP contribution in [0, 0.1) is 11.6 Å². The number of halogens is 2. The van der Waals surface area contributed by atoms with Crippen molar-refractivity contribution in [1.82, 2.24) is 30.4 Å². The van der Waals surface area contributed by atoms with Crippen LogP contribution < -0.4 is 27.4 Å². The highest BCUT2D eigenvalue weighted by Gasteiger charge is 2.15. The second-order valence-electron chi connectivity index (χ2n) is 7.65. The molecule has 34 heavy (non-hydrogen) atoms. The van der Waals surface area contributed by atoms with Crippen molar-refractivity contribution in [2.45, 2.75) is 6.54 Å². The molecule has 0 spiro atoms. The number of nitrogens with zero attached hydrogens (tertiary/aromatic N) is 3. The molecular formula is C23H22F2N6O3. The van der Waals surface area contributed by atoms with Crippen molar-refractivity contribution in [3.63, 3.8) is 0 Å². The lowest BCUT2D eigenvalue weighted by molar-refractivity contribution is 0.0957. The van der Waals surface area contributed by atoms with Crippen LogP contribution in [0.25, 0.3) is 10.9 Å². The number of fused-ring (bicyclic) bond motifs is 1. The number of carbonyl (C=O) groups is 1. The summed E-state index contributed by atoms with van der Waals surface area (Å²) >= 11 is 0. The van der Waals surface area contributed by atoms with Crippen molar-refractivity contribution in [3.8, 4) is 0 Å². The van der Waals surface area contributed by atoms with Crippen molar-refractivity contribution in [2.24, 2.45) is 7.05 Å². The van der Waals surface area contributed by atoms with Crippen molar-refractivity contribution in [1.29, 1.82) is 0 Å². The van der Waals surface area contributed by atoms with Gasteiger partial charge in [-0.1, -0.05) is 6.07 Å². The quantitative estimate of drug-likeness (QED) is 0.501. The summed E-state index contributed by atoms with van der Waals surface area (Å²) < 4.78 is 29.0. The van der Waals surface area contributed by atoms with Crippen molar-refractivity contribution < 1.29 is 13.6 Å². The maximum atomic E-state index is 13.6. The zero-order valence-corrected chi connectivity index (χ0v) is 18.4. The molecule has 0 aliphatic carbocycles. The van der Waals surface area contributed by atoms with E-state index in [0.717, 1.165) is 22.3 Å². The molecule has 0 saturated heterocycles. The Hall–Kier alpha value is -4.25. The second-order valence-corrected chi connectivity index (χ2v) is 7.65. The molecule has 1 aliphatic rings. The Morgan fingerprint density at radius 3 is 2.56 bits per heavy atom. The number of nitrogens with one attached hydrogen (secondary N) is 3. The largest absolute Gasteiger partial charge is 0.348 e. The molecule has 1 aliphatic heterocycles. The van der Waals surface area contributed by atoms with E-state index in [9.17, 15) is 23.2 Å². The first-order chi connectivity index (χ1) is 16.3. The van der Waals surface area contributed by atoms with Crippen LogP contribution in [0.15, 0.2) is 70.0 Å². The Bertz CT molecular complexity index is 1460. The van der Waals surface area contributed by atoms with Crippen LogP contribution in [-0.4, -0.2) is 33.8 Å². The molecule has 0 radical (unpaired) electrons. The van der Waals surface area contributed by atoms with Gasteiger partial charge in [-0.15, -0.1) is 0 Å². The van der Waals surface area contributed by atoms with Gasteiger partial charge >= 0.3 is 5.69 Å². The zero-order valence-electron chi connectivity index (χ0n) is 18.4. The predicted molar refractivity (Wildman–Crippen MR) is 122 cm³/mol. The molecule has 176 valence electrons. The van der Waals surface area contributed by atoms with Gasteiger partial charge in [0.1, 0.15) is 0 Å². The Morgan fingerprint density at radius 1 is 1.09 bits per heavy atom.